The molecule has 3 heterocycles. The molecule has 0 saturated heterocycles. The number of ether oxygens (including phenoxy) is 1. The van der Waals surface area contributed by atoms with Crippen LogP contribution in [0.2, 0.25) is 0 Å². The normalized spacial score (nSPS) is 12.9. The largest absolute Gasteiger partial charge is 0.465 e. The average molecular weight is 489 g/mol. The highest BCUT2D eigenvalue weighted by molar-refractivity contribution is 7.99. The Labute approximate surface area is 198 Å². The number of hydrogen-bond donors (Lipinski definition) is 1. The number of nitrogens with zero attached hydrogens (tertiary/aromatic N) is 3. The number of hydrogen-bond acceptors (Lipinski definition) is 8. The average Bonchev–Trinajstić information content (AvgIpc) is 3.49. The van der Waals surface area contributed by atoms with Crippen LogP contribution in [0, 0.1) is 6.92 Å². The Morgan fingerprint density at radius 1 is 1.34 bits per heavy atom. The lowest BCUT2D eigenvalue weighted by Crippen LogP contribution is -2.16. The molecule has 4 rings (SSSR count). The van der Waals surface area contributed by atoms with Crippen molar-refractivity contribution in [3.63, 3.8) is 0 Å². The van der Waals surface area contributed by atoms with Crippen LogP contribution < -0.4 is 5.32 Å². The first-order valence-electron chi connectivity index (χ1n) is 10.3. The molecule has 3 aromatic heterocycles. The summed E-state index contributed by atoms with van der Waals surface area (Å²) in [6, 6.07) is 1.72. The molecule has 0 aliphatic heterocycles. The first-order valence-corrected chi connectivity index (χ1v) is 12.9. The number of aromatic nitrogens is 3. The summed E-state index contributed by atoms with van der Waals surface area (Å²) in [5.74, 6) is 0.291. The van der Waals surface area contributed by atoms with E-state index in [1.54, 1.807) is 17.4 Å². The molecule has 32 heavy (non-hydrogen) atoms. The summed E-state index contributed by atoms with van der Waals surface area (Å²) in [5.41, 5.74) is 2.90. The molecule has 168 valence electrons. The number of allylic oxidation sites excluding steroid dienone is 1. The van der Waals surface area contributed by atoms with Crippen LogP contribution >= 0.6 is 34.4 Å². The van der Waals surface area contributed by atoms with Gasteiger partial charge in [0.15, 0.2) is 11.0 Å². The van der Waals surface area contributed by atoms with E-state index in [0.717, 1.165) is 29.1 Å². The van der Waals surface area contributed by atoms with Crippen molar-refractivity contribution in [1.29, 1.82) is 0 Å². The van der Waals surface area contributed by atoms with E-state index < -0.39 is 5.97 Å². The minimum atomic E-state index is -0.466. The molecule has 0 fully saturated rings. The molecule has 1 aliphatic rings. The zero-order valence-corrected chi connectivity index (χ0v) is 20.4. The summed E-state index contributed by atoms with van der Waals surface area (Å²) in [5, 5.41) is 15.0. The van der Waals surface area contributed by atoms with Crippen LogP contribution in [0.4, 0.5) is 5.00 Å². The first-order chi connectivity index (χ1) is 15.5. The number of thiophene rings is 2. The third-order valence-electron chi connectivity index (χ3n) is 5.18. The Morgan fingerprint density at radius 2 is 2.16 bits per heavy atom. The number of rotatable bonds is 8. The highest BCUT2D eigenvalue weighted by Gasteiger charge is 2.23. The Kier molecular flexibility index (Phi) is 7.12. The number of carbonyl (C=O) groups excluding carboxylic acids is 2. The Bertz CT molecular complexity index is 1160. The Morgan fingerprint density at radius 3 is 2.94 bits per heavy atom. The van der Waals surface area contributed by atoms with Crippen molar-refractivity contribution in [3.05, 3.63) is 45.0 Å². The molecular weight excluding hydrogens is 464 g/mol. The highest BCUT2D eigenvalue weighted by atomic mass is 32.2. The molecule has 0 atom stereocenters. The van der Waals surface area contributed by atoms with Gasteiger partial charge in [0.1, 0.15) is 5.00 Å². The SMILES string of the molecule is C=CCn1c(SCC(=O)Nc2sc(C)cc2C(=O)OC)nnc1-c1csc2c1CCCC2. The zero-order chi connectivity index (χ0) is 22.7. The fraction of sp³-hybridized carbons (Fsp3) is 0.364. The highest BCUT2D eigenvalue weighted by Crippen LogP contribution is 2.37. The molecule has 1 aliphatic carbocycles. The van der Waals surface area contributed by atoms with Crippen molar-refractivity contribution in [2.45, 2.75) is 44.3 Å². The van der Waals surface area contributed by atoms with Crippen LogP contribution in [0.5, 0.6) is 0 Å². The smallest absolute Gasteiger partial charge is 0.340 e. The number of thioether (sulfide) groups is 1. The van der Waals surface area contributed by atoms with E-state index in [1.165, 1.54) is 53.5 Å². The summed E-state index contributed by atoms with van der Waals surface area (Å²) in [6.45, 7) is 6.31. The van der Waals surface area contributed by atoms with Crippen molar-refractivity contribution in [3.8, 4) is 11.4 Å². The zero-order valence-electron chi connectivity index (χ0n) is 18.0. The number of amides is 1. The first kappa shape index (κ1) is 22.8. The predicted octanol–water partition coefficient (Wildman–Crippen LogP) is 4.96. The summed E-state index contributed by atoms with van der Waals surface area (Å²) < 4.78 is 6.81. The number of methoxy groups -OCH3 is 1. The maximum Gasteiger partial charge on any atom is 0.340 e. The lowest BCUT2D eigenvalue weighted by atomic mass is 9.95. The Hall–Kier alpha value is -2.43. The van der Waals surface area contributed by atoms with Crippen LogP contribution in [0.15, 0.2) is 29.3 Å². The minimum absolute atomic E-state index is 0.147. The number of nitrogens with one attached hydrogen (secondary N) is 1. The molecule has 10 heteroatoms. The third kappa shape index (κ3) is 4.67. The fourth-order valence-corrected chi connectivity index (χ4v) is 6.52. The molecule has 0 saturated carbocycles. The third-order valence-corrected chi connectivity index (χ3v) is 8.20. The van der Waals surface area contributed by atoms with E-state index in [2.05, 4.69) is 27.5 Å². The number of anilines is 1. The van der Waals surface area contributed by atoms with E-state index in [4.69, 9.17) is 4.74 Å². The number of fused-ring (bicyclic) bond motifs is 1. The summed E-state index contributed by atoms with van der Waals surface area (Å²) in [7, 11) is 1.32. The van der Waals surface area contributed by atoms with E-state index in [-0.39, 0.29) is 11.7 Å². The van der Waals surface area contributed by atoms with Gasteiger partial charge < -0.3 is 10.1 Å². The maximum atomic E-state index is 12.6. The van der Waals surface area contributed by atoms with Crippen LogP contribution in [0.25, 0.3) is 11.4 Å². The second-order valence-electron chi connectivity index (χ2n) is 7.39. The van der Waals surface area contributed by atoms with Gasteiger partial charge in [-0.15, -0.1) is 39.4 Å². The molecule has 0 spiro atoms. The summed E-state index contributed by atoms with van der Waals surface area (Å²) in [4.78, 5) is 26.9. The second kappa shape index (κ2) is 10.0. The van der Waals surface area contributed by atoms with Crippen molar-refractivity contribution in [1.82, 2.24) is 14.8 Å². The van der Waals surface area contributed by atoms with Gasteiger partial charge in [-0.2, -0.15) is 0 Å². The minimum Gasteiger partial charge on any atom is -0.465 e. The molecule has 0 unspecified atom stereocenters. The van der Waals surface area contributed by atoms with Gasteiger partial charge in [-0.25, -0.2) is 4.79 Å². The lowest BCUT2D eigenvalue weighted by molar-refractivity contribution is -0.113. The quantitative estimate of drug-likeness (QED) is 0.274. The van der Waals surface area contributed by atoms with Crippen LogP contribution in [-0.4, -0.2) is 39.5 Å². The maximum absolute atomic E-state index is 12.6. The van der Waals surface area contributed by atoms with Gasteiger partial charge in [0.25, 0.3) is 0 Å². The van der Waals surface area contributed by atoms with Gasteiger partial charge >= 0.3 is 5.97 Å². The van der Waals surface area contributed by atoms with Gasteiger partial charge in [0, 0.05) is 27.2 Å². The molecule has 3 aromatic rings. The van der Waals surface area contributed by atoms with E-state index >= 15 is 0 Å². The molecule has 0 bridgehead atoms. The molecular formula is C22H24N4O3S3. The van der Waals surface area contributed by atoms with E-state index in [1.807, 2.05) is 17.6 Å². The Balaban J connectivity index is 1.50. The lowest BCUT2D eigenvalue weighted by Gasteiger charge is -2.13. The van der Waals surface area contributed by atoms with Gasteiger partial charge in [0.05, 0.1) is 18.4 Å². The van der Waals surface area contributed by atoms with Crippen LogP contribution in [-0.2, 0) is 28.9 Å². The van der Waals surface area contributed by atoms with Crippen LogP contribution in [0.1, 0.15) is 38.5 Å². The summed E-state index contributed by atoms with van der Waals surface area (Å²) >= 11 is 4.46. The van der Waals surface area contributed by atoms with Crippen molar-refractivity contribution >= 4 is 51.3 Å². The molecule has 0 aromatic carbocycles. The number of carbonyl (C=O) groups is 2. The molecule has 0 radical (unpaired) electrons. The number of esters is 1. The molecule has 7 nitrogen and oxygen atoms in total. The van der Waals surface area contributed by atoms with Crippen molar-refractivity contribution < 1.29 is 14.3 Å². The topological polar surface area (TPSA) is 86.1 Å². The fourth-order valence-electron chi connectivity index (χ4n) is 3.73. The van der Waals surface area contributed by atoms with E-state index in [9.17, 15) is 9.59 Å². The van der Waals surface area contributed by atoms with E-state index in [0.29, 0.717) is 22.3 Å². The van der Waals surface area contributed by atoms with Gasteiger partial charge in [0.2, 0.25) is 5.91 Å². The van der Waals surface area contributed by atoms with Gasteiger partial charge in [-0.1, -0.05) is 17.8 Å². The second-order valence-corrected chi connectivity index (χ2v) is 10.6. The standard InChI is InChI=1S/C22H24N4O3S3/c1-4-9-26-19(16-11-30-17-8-6-5-7-14(16)17)24-25-22(26)31-12-18(27)23-20-15(21(28)29-3)10-13(2)32-20/h4,10-11H,1,5-9,12H2,2-3H3,(H,23,27). The van der Waals surface area contributed by atoms with Crippen LogP contribution in [0.3, 0.4) is 0 Å². The number of aryl methyl sites for hydroxylation is 2. The van der Waals surface area contributed by atoms with Gasteiger partial charge in [-0.3, -0.25) is 9.36 Å². The summed E-state index contributed by atoms with van der Waals surface area (Å²) in [6.07, 6.45) is 6.45. The monoisotopic (exact) mass is 488 g/mol. The molecule has 1 amide bonds. The van der Waals surface area contributed by atoms with Crippen molar-refractivity contribution in [2.75, 3.05) is 18.2 Å². The predicted molar refractivity (Wildman–Crippen MR) is 130 cm³/mol. The molecule has 1 N–H and O–H groups in total. The van der Waals surface area contributed by atoms with Crippen molar-refractivity contribution in [2.24, 2.45) is 0 Å². The van der Waals surface area contributed by atoms with Gasteiger partial charge in [-0.05, 0) is 44.2 Å².